The summed E-state index contributed by atoms with van der Waals surface area (Å²) in [4.78, 5) is 10.5. The predicted molar refractivity (Wildman–Crippen MR) is 68.6 cm³/mol. The second-order valence-electron chi connectivity index (χ2n) is 4.02. The summed E-state index contributed by atoms with van der Waals surface area (Å²) in [5, 5.41) is 15.6. The number of aromatic nitrogens is 3. The van der Waals surface area contributed by atoms with Gasteiger partial charge in [0.25, 0.3) is 0 Å². The van der Waals surface area contributed by atoms with E-state index in [1.165, 1.54) is 10.9 Å². The summed E-state index contributed by atoms with van der Waals surface area (Å²) in [5.41, 5.74) is -0.226. The lowest BCUT2D eigenvalue weighted by Gasteiger charge is -2.06. The average molecular weight is 314 g/mol. The van der Waals surface area contributed by atoms with Gasteiger partial charge in [-0.25, -0.2) is 22.3 Å². The van der Waals surface area contributed by atoms with Crippen LogP contribution >= 0.6 is 0 Å². The fourth-order valence-corrected chi connectivity index (χ4v) is 2.52. The lowest BCUT2D eigenvalue weighted by atomic mass is 10.4. The molecule has 0 aliphatic heterocycles. The molecule has 8 nitrogen and oxygen atoms in total. The SMILES string of the molecule is O=C(O)c1cn(CCNS(=O)(=O)c2ccc(F)cc2)nn1. The van der Waals surface area contributed by atoms with E-state index in [0.29, 0.717) is 0 Å². The second-order valence-corrected chi connectivity index (χ2v) is 5.79. The molecule has 0 amide bonds. The maximum Gasteiger partial charge on any atom is 0.358 e. The number of hydrogen-bond acceptors (Lipinski definition) is 5. The van der Waals surface area contributed by atoms with Crippen LogP contribution in [-0.4, -0.2) is 41.0 Å². The molecule has 0 atom stereocenters. The highest BCUT2D eigenvalue weighted by atomic mass is 32.2. The number of halogens is 1. The monoisotopic (exact) mass is 314 g/mol. The van der Waals surface area contributed by atoms with Crippen LogP contribution in [0.5, 0.6) is 0 Å². The Morgan fingerprint density at radius 1 is 1.33 bits per heavy atom. The van der Waals surface area contributed by atoms with Crippen LogP contribution in [0.4, 0.5) is 4.39 Å². The third kappa shape index (κ3) is 3.83. The molecule has 1 heterocycles. The molecular formula is C11H11FN4O4S. The topological polar surface area (TPSA) is 114 Å². The summed E-state index contributed by atoms with van der Waals surface area (Å²) in [6.07, 6.45) is 1.19. The van der Waals surface area contributed by atoms with Crippen LogP contribution in [0, 0.1) is 5.82 Å². The van der Waals surface area contributed by atoms with E-state index in [9.17, 15) is 17.6 Å². The highest BCUT2D eigenvalue weighted by Crippen LogP contribution is 2.09. The summed E-state index contributed by atoms with van der Waals surface area (Å²) in [7, 11) is -3.75. The molecule has 0 fully saturated rings. The molecule has 2 N–H and O–H groups in total. The first-order chi connectivity index (χ1) is 9.88. The van der Waals surface area contributed by atoms with Crippen molar-refractivity contribution in [1.82, 2.24) is 19.7 Å². The van der Waals surface area contributed by atoms with Crippen LogP contribution in [0.25, 0.3) is 0 Å². The lowest BCUT2D eigenvalue weighted by Crippen LogP contribution is -2.27. The Morgan fingerprint density at radius 3 is 2.57 bits per heavy atom. The first kappa shape index (κ1) is 15.1. The van der Waals surface area contributed by atoms with Gasteiger partial charge in [-0.05, 0) is 24.3 Å². The number of nitrogens with zero attached hydrogens (tertiary/aromatic N) is 3. The summed E-state index contributed by atoms with van der Waals surface area (Å²) in [6.45, 7) is 0.100. The summed E-state index contributed by atoms with van der Waals surface area (Å²) >= 11 is 0. The van der Waals surface area contributed by atoms with Crippen LogP contribution in [0.15, 0.2) is 35.4 Å². The van der Waals surface area contributed by atoms with E-state index in [1.807, 2.05) is 0 Å². The fraction of sp³-hybridized carbons (Fsp3) is 0.182. The van der Waals surface area contributed by atoms with Gasteiger partial charge in [0.1, 0.15) is 5.82 Å². The number of carboxylic acids is 1. The fourth-order valence-electron chi connectivity index (χ4n) is 1.50. The minimum Gasteiger partial charge on any atom is -0.476 e. The van der Waals surface area contributed by atoms with E-state index < -0.39 is 21.8 Å². The van der Waals surface area contributed by atoms with Gasteiger partial charge >= 0.3 is 5.97 Å². The van der Waals surface area contributed by atoms with E-state index in [2.05, 4.69) is 15.0 Å². The first-order valence-electron chi connectivity index (χ1n) is 5.77. The molecule has 1 aromatic heterocycles. The van der Waals surface area contributed by atoms with Crippen LogP contribution in [0.1, 0.15) is 10.5 Å². The van der Waals surface area contributed by atoms with Gasteiger partial charge in [0.05, 0.1) is 17.6 Å². The van der Waals surface area contributed by atoms with Crippen molar-refractivity contribution in [3.05, 3.63) is 42.0 Å². The Labute approximate surface area is 119 Å². The molecular weight excluding hydrogens is 303 g/mol. The number of aromatic carboxylic acids is 1. The number of rotatable bonds is 6. The summed E-state index contributed by atoms with van der Waals surface area (Å²) in [5.74, 6) is -1.74. The van der Waals surface area contributed by atoms with Crippen molar-refractivity contribution < 1.29 is 22.7 Å². The van der Waals surface area contributed by atoms with Crippen LogP contribution in [0.2, 0.25) is 0 Å². The van der Waals surface area contributed by atoms with Crippen molar-refractivity contribution in [3.63, 3.8) is 0 Å². The summed E-state index contributed by atoms with van der Waals surface area (Å²) < 4.78 is 40.0. The average Bonchev–Trinajstić information content (AvgIpc) is 2.88. The van der Waals surface area contributed by atoms with Crippen LogP contribution in [-0.2, 0) is 16.6 Å². The van der Waals surface area contributed by atoms with Crippen LogP contribution in [0.3, 0.4) is 0 Å². The standard InChI is InChI=1S/C11H11FN4O4S/c12-8-1-3-9(4-2-8)21(19,20)13-5-6-16-7-10(11(17)18)14-15-16/h1-4,7,13H,5-6H2,(H,17,18). The number of sulfonamides is 1. The molecule has 1 aromatic carbocycles. The van der Waals surface area contributed by atoms with Crippen molar-refractivity contribution in [2.24, 2.45) is 0 Å². The molecule has 21 heavy (non-hydrogen) atoms. The number of benzene rings is 1. The molecule has 0 unspecified atom stereocenters. The van der Waals surface area contributed by atoms with Gasteiger partial charge < -0.3 is 5.11 Å². The largest absolute Gasteiger partial charge is 0.476 e. The maximum atomic E-state index is 12.7. The number of nitrogens with one attached hydrogen (secondary N) is 1. The molecule has 0 radical (unpaired) electrons. The highest BCUT2D eigenvalue weighted by Gasteiger charge is 2.14. The molecule has 10 heteroatoms. The molecule has 0 spiro atoms. The van der Waals surface area contributed by atoms with E-state index in [4.69, 9.17) is 5.11 Å². The molecule has 112 valence electrons. The van der Waals surface area contributed by atoms with Crippen molar-refractivity contribution in [2.45, 2.75) is 11.4 Å². The van der Waals surface area contributed by atoms with Gasteiger partial charge in [0, 0.05) is 6.54 Å². The molecule has 0 saturated heterocycles. The van der Waals surface area contributed by atoms with Crippen molar-refractivity contribution >= 4 is 16.0 Å². The minimum absolute atomic E-state index is 0.0118. The molecule has 2 rings (SSSR count). The predicted octanol–water partition coefficient (Wildman–Crippen LogP) is 0.0939. The van der Waals surface area contributed by atoms with E-state index in [-0.39, 0.29) is 23.7 Å². The van der Waals surface area contributed by atoms with Gasteiger partial charge in [-0.15, -0.1) is 5.10 Å². The highest BCUT2D eigenvalue weighted by molar-refractivity contribution is 7.89. The zero-order valence-corrected chi connectivity index (χ0v) is 11.4. The molecule has 2 aromatic rings. The summed E-state index contributed by atoms with van der Waals surface area (Å²) in [6, 6.07) is 4.39. The lowest BCUT2D eigenvalue weighted by molar-refractivity contribution is 0.0690. The first-order valence-corrected chi connectivity index (χ1v) is 7.25. The Morgan fingerprint density at radius 2 is 2.00 bits per heavy atom. The van der Waals surface area contributed by atoms with Crippen molar-refractivity contribution in [2.75, 3.05) is 6.54 Å². The van der Waals surface area contributed by atoms with Crippen molar-refractivity contribution in [1.29, 1.82) is 0 Å². The van der Waals surface area contributed by atoms with Gasteiger partial charge in [-0.3, -0.25) is 4.68 Å². The molecule has 0 aliphatic carbocycles. The van der Waals surface area contributed by atoms with Gasteiger partial charge in [-0.1, -0.05) is 5.21 Å². The van der Waals surface area contributed by atoms with Crippen LogP contribution < -0.4 is 4.72 Å². The third-order valence-corrected chi connectivity index (χ3v) is 3.99. The molecule has 0 aliphatic rings. The minimum atomic E-state index is -3.75. The molecule has 0 bridgehead atoms. The number of carboxylic acid groups (broad SMARTS) is 1. The number of carbonyl (C=O) groups is 1. The zero-order valence-electron chi connectivity index (χ0n) is 10.6. The second kappa shape index (κ2) is 5.97. The Bertz CT molecular complexity index is 742. The zero-order chi connectivity index (χ0) is 15.5. The van der Waals surface area contributed by atoms with E-state index in [1.54, 1.807) is 0 Å². The Hall–Kier alpha value is -2.33. The Balaban J connectivity index is 1.95. The van der Waals surface area contributed by atoms with E-state index in [0.717, 1.165) is 24.3 Å². The van der Waals surface area contributed by atoms with Gasteiger partial charge in [-0.2, -0.15) is 0 Å². The smallest absolute Gasteiger partial charge is 0.358 e. The quantitative estimate of drug-likeness (QED) is 0.781. The number of hydrogen-bond donors (Lipinski definition) is 2. The third-order valence-electron chi connectivity index (χ3n) is 2.51. The molecule has 0 saturated carbocycles. The van der Waals surface area contributed by atoms with Crippen molar-refractivity contribution in [3.8, 4) is 0 Å². The Kier molecular flexibility index (Phi) is 4.29. The van der Waals surface area contributed by atoms with E-state index >= 15 is 0 Å². The maximum absolute atomic E-state index is 12.7. The normalized spacial score (nSPS) is 11.5. The van der Waals surface area contributed by atoms with Gasteiger partial charge in [0.2, 0.25) is 10.0 Å². The van der Waals surface area contributed by atoms with Gasteiger partial charge in [0.15, 0.2) is 5.69 Å².